The number of rotatable bonds is 10. The fraction of sp³-hybridized carbons (Fsp3) is 0.684. The number of nitrogens with zero attached hydrogens (tertiary/aromatic N) is 2. The highest BCUT2D eigenvalue weighted by atomic mass is 16.5. The third kappa shape index (κ3) is 6.46. The maximum atomic E-state index is 12.6. The first kappa shape index (κ1) is 20.5. The van der Waals surface area contributed by atoms with Gasteiger partial charge in [-0.15, -0.1) is 0 Å². The summed E-state index contributed by atoms with van der Waals surface area (Å²) in [6, 6.07) is 1.73. The van der Waals surface area contributed by atoms with Gasteiger partial charge >= 0.3 is 0 Å². The summed E-state index contributed by atoms with van der Waals surface area (Å²) in [6.07, 6.45) is 5.01. The van der Waals surface area contributed by atoms with Crippen molar-refractivity contribution in [3.8, 4) is 0 Å². The van der Waals surface area contributed by atoms with Crippen LogP contribution in [-0.2, 0) is 9.53 Å². The molecular weight excluding hydrogens is 334 g/mol. The lowest BCUT2D eigenvalue weighted by molar-refractivity contribution is -0.121. The molecule has 0 aromatic carbocycles. The molecule has 0 aliphatic carbocycles. The molecule has 0 saturated carbocycles. The van der Waals surface area contributed by atoms with Gasteiger partial charge in [0, 0.05) is 38.6 Å². The Bertz CT molecular complexity index is 541. The maximum absolute atomic E-state index is 12.6. The smallest absolute Gasteiger partial charge is 0.257 e. The molecule has 1 aromatic heterocycles. The van der Waals surface area contributed by atoms with Crippen molar-refractivity contribution in [1.82, 2.24) is 15.1 Å². The number of ether oxygens (including phenoxy) is 1. The minimum absolute atomic E-state index is 0.0136. The molecular formula is C19H31N3O4. The first-order valence-corrected chi connectivity index (χ1v) is 9.51. The molecule has 2 rings (SSSR count). The van der Waals surface area contributed by atoms with Crippen LogP contribution in [0.3, 0.4) is 0 Å². The lowest BCUT2D eigenvalue weighted by Crippen LogP contribution is -2.41. The monoisotopic (exact) mass is 365 g/mol. The van der Waals surface area contributed by atoms with E-state index in [1.165, 1.54) is 12.5 Å². The molecule has 0 radical (unpaired) electrons. The predicted molar refractivity (Wildman–Crippen MR) is 99.0 cm³/mol. The molecule has 0 unspecified atom stereocenters. The Morgan fingerprint density at radius 2 is 2.12 bits per heavy atom. The van der Waals surface area contributed by atoms with Crippen molar-refractivity contribution in [3.63, 3.8) is 0 Å². The number of carbonyl (C=O) groups excluding carboxylic acids is 2. The number of amides is 2. The summed E-state index contributed by atoms with van der Waals surface area (Å²) in [5.41, 5.74) is 0.524. The van der Waals surface area contributed by atoms with Gasteiger partial charge in [-0.05, 0) is 32.4 Å². The molecule has 1 aromatic rings. The molecule has 1 atom stereocenters. The van der Waals surface area contributed by atoms with Crippen molar-refractivity contribution >= 4 is 11.8 Å². The Labute approximate surface area is 155 Å². The van der Waals surface area contributed by atoms with Gasteiger partial charge in [-0.25, -0.2) is 0 Å². The average molecular weight is 365 g/mol. The van der Waals surface area contributed by atoms with Gasteiger partial charge in [-0.1, -0.05) is 6.92 Å². The summed E-state index contributed by atoms with van der Waals surface area (Å²) < 4.78 is 10.3. The van der Waals surface area contributed by atoms with Gasteiger partial charge in [0.2, 0.25) is 5.91 Å². The molecule has 1 aliphatic rings. The van der Waals surface area contributed by atoms with Crippen LogP contribution in [0.2, 0.25) is 0 Å². The molecule has 146 valence electrons. The molecule has 26 heavy (non-hydrogen) atoms. The van der Waals surface area contributed by atoms with E-state index in [-0.39, 0.29) is 17.9 Å². The molecule has 0 bridgehead atoms. The predicted octanol–water partition coefficient (Wildman–Crippen LogP) is 1.75. The second kappa shape index (κ2) is 11.0. The van der Waals surface area contributed by atoms with Gasteiger partial charge < -0.3 is 19.4 Å². The van der Waals surface area contributed by atoms with Gasteiger partial charge in [-0.2, -0.15) is 0 Å². The first-order chi connectivity index (χ1) is 12.6. The Hall–Kier alpha value is -1.86. The Balaban J connectivity index is 1.69. The highest BCUT2D eigenvalue weighted by Crippen LogP contribution is 2.12. The van der Waals surface area contributed by atoms with E-state index in [4.69, 9.17) is 9.15 Å². The standard InChI is InChI=1S/C19H31N3O4/c1-3-16(2)22(19(24)17-6-12-26-15-17)9-5-18(23)20-7-4-8-21-10-13-25-14-11-21/h6,12,15-16H,3-5,7-11,13-14H2,1-2H3,(H,20,23)/t16-/m1/s1. The van der Waals surface area contributed by atoms with E-state index < -0.39 is 0 Å². The van der Waals surface area contributed by atoms with E-state index in [9.17, 15) is 9.59 Å². The Morgan fingerprint density at radius 1 is 1.35 bits per heavy atom. The second-order valence-electron chi connectivity index (χ2n) is 6.68. The Kier molecular flexibility index (Phi) is 8.64. The summed E-state index contributed by atoms with van der Waals surface area (Å²) in [7, 11) is 0. The van der Waals surface area contributed by atoms with Crippen molar-refractivity contribution in [2.45, 2.75) is 39.2 Å². The van der Waals surface area contributed by atoms with Crippen LogP contribution in [0.4, 0.5) is 0 Å². The molecule has 1 fully saturated rings. The summed E-state index contributed by atoms with van der Waals surface area (Å²) in [5.74, 6) is -0.103. The number of hydrogen-bond donors (Lipinski definition) is 1. The zero-order chi connectivity index (χ0) is 18.8. The molecule has 1 saturated heterocycles. The van der Waals surface area contributed by atoms with Crippen LogP contribution in [0.5, 0.6) is 0 Å². The zero-order valence-corrected chi connectivity index (χ0v) is 15.9. The molecule has 0 spiro atoms. The van der Waals surface area contributed by atoms with Crippen molar-refractivity contribution in [2.75, 3.05) is 45.9 Å². The minimum atomic E-state index is -0.0896. The highest BCUT2D eigenvalue weighted by Gasteiger charge is 2.22. The van der Waals surface area contributed by atoms with E-state index in [0.29, 0.717) is 25.1 Å². The maximum Gasteiger partial charge on any atom is 0.257 e. The van der Waals surface area contributed by atoms with E-state index >= 15 is 0 Å². The lowest BCUT2D eigenvalue weighted by atomic mass is 10.1. The largest absolute Gasteiger partial charge is 0.472 e. The van der Waals surface area contributed by atoms with Crippen molar-refractivity contribution in [2.24, 2.45) is 0 Å². The quantitative estimate of drug-likeness (QED) is 0.640. The molecule has 2 heterocycles. The summed E-state index contributed by atoms with van der Waals surface area (Å²) >= 11 is 0. The van der Waals surface area contributed by atoms with Gasteiger partial charge in [0.1, 0.15) is 6.26 Å². The van der Waals surface area contributed by atoms with Crippen LogP contribution >= 0.6 is 0 Å². The SMILES string of the molecule is CC[C@@H](C)N(CCC(=O)NCCCN1CCOCC1)C(=O)c1ccoc1. The number of hydrogen-bond acceptors (Lipinski definition) is 5. The normalized spacial score (nSPS) is 16.2. The molecule has 1 N–H and O–H groups in total. The van der Waals surface area contributed by atoms with Crippen LogP contribution in [0.15, 0.2) is 23.0 Å². The van der Waals surface area contributed by atoms with E-state index in [1.807, 2.05) is 13.8 Å². The molecule has 1 aliphatic heterocycles. The number of nitrogens with one attached hydrogen (secondary N) is 1. The summed E-state index contributed by atoms with van der Waals surface area (Å²) in [4.78, 5) is 28.8. The van der Waals surface area contributed by atoms with Crippen LogP contribution in [0.25, 0.3) is 0 Å². The van der Waals surface area contributed by atoms with Crippen molar-refractivity contribution < 1.29 is 18.7 Å². The fourth-order valence-corrected chi connectivity index (χ4v) is 2.96. The highest BCUT2D eigenvalue weighted by molar-refractivity contribution is 5.94. The first-order valence-electron chi connectivity index (χ1n) is 9.51. The number of carbonyl (C=O) groups is 2. The van der Waals surface area contributed by atoms with E-state index in [2.05, 4.69) is 10.2 Å². The average Bonchev–Trinajstić information content (AvgIpc) is 3.20. The lowest BCUT2D eigenvalue weighted by Gasteiger charge is -2.28. The number of morpholine rings is 1. The second-order valence-corrected chi connectivity index (χ2v) is 6.68. The van der Waals surface area contributed by atoms with Crippen molar-refractivity contribution in [1.29, 1.82) is 0 Å². The minimum Gasteiger partial charge on any atom is -0.472 e. The van der Waals surface area contributed by atoms with Gasteiger partial charge in [0.25, 0.3) is 5.91 Å². The van der Waals surface area contributed by atoms with Gasteiger partial charge in [0.05, 0.1) is 25.0 Å². The van der Waals surface area contributed by atoms with Crippen LogP contribution in [0, 0.1) is 0 Å². The number of furan rings is 1. The van der Waals surface area contributed by atoms with Gasteiger partial charge in [0.15, 0.2) is 0 Å². The molecule has 7 heteroatoms. The van der Waals surface area contributed by atoms with Crippen molar-refractivity contribution in [3.05, 3.63) is 24.2 Å². The third-order valence-corrected chi connectivity index (χ3v) is 4.81. The summed E-state index contributed by atoms with van der Waals surface area (Å²) in [5, 5.41) is 2.95. The van der Waals surface area contributed by atoms with E-state index in [1.54, 1.807) is 11.0 Å². The molecule has 2 amide bonds. The molecule has 7 nitrogen and oxygen atoms in total. The van der Waals surface area contributed by atoms with E-state index in [0.717, 1.165) is 45.7 Å². The van der Waals surface area contributed by atoms with Crippen LogP contribution in [-0.4, -0.2) is 73.6 Å². The topological polar surface area (TPSA) is 75.0 Å². The Morgan fingerprint density at radius 3 is 2.77 bits per heavy atom. The van der Waals surface area contributed by atoms with Gasteiger partial charge in [-0.3, -0.25) is 14.5 Å². The van der Waals surface area contributed by atoms with Crippen LogP contribution in [0.1, 0.15) is 43.5 Å². The third-order valence-electron chi connectivity index (χ3n) is 4.81. The summed E-state index contributed by atoms with van der Waals surface area (Å²) in [6.45, 7) is 9.60. The van der Waals surface area contributed by atoms with Crippen LogP contribution < -0.4 is 5.32 Å². The fourth-order valence-electron chi connectivity index (χ4n) is 2.96. The zero-order valence-electron chi connectivity index (χ0n) is 15.9.